The molecule has 4 nitrogen and oxygen atoms in total. The van der Waals surface area contributed by atoms with Crippen molar-refractivity contribution in [1.82, 2.24) is 0 Å². The van der Waals surface area contributed by atoms with Gasteiger partial charge in [0.05, 0.1) is 0 Å². The van der Waals surface area contributed by atoms with Crippen LogP contribution in [-0.2, 0) is 4.79 Å². The van der Waals surface area contributed by atoms with E-state index in [0.29, 0.717) is 0 Å². The van der Waals surface area contributed by atoms with Crippen molar-refractivity contribution < 1.29 is 20.9 Å². The number of carbonyl (C=O) groups is 1. The molecule has 0 aliphatic carbocycles. The summed E-state index contributed by atoms with van der Waals surface area (Å²) in [5.41, 5.74) is 0. The average Bonchev–Trinajstić information content (AvgIpc) is 0.811. The van der Waals surface area contributed by atoms with Crippen LogP contribution in [0, 0.1) is 0 Å². The molecule has 0 spiro atoms. The molecule has 0 aliphatic rings. The number of hydrogen-bond donors (Lipinski definition) is 1. The van der Waals surface area contributed by atoms with E-state index in [-0.39, 0.29) is 59.6 Å². The van der Waals surface area contributed by atoms with Crippen LogP contribution in [0.4, 0.5) is 0 Å². The molecule has 9 heavy (non-hydrogen) atoms. The van der Waals surface area contributed by atoms with Crippen LogP contribution in [-0.4, -0.2) is 58.2 Å². The third kappa shape index (κ3) is 623. The quantitative estimate of drug-likeness (QED) is 0.393. The monoisotopic (exact) mass is 170 g/mol. The van der Waals surface area contributed by atoms with Crippen LogP contribution in [0.25, 0.3) is 0 Å². The normalized spacial score (nSPS) is 2.78. The molecule has 7 heteroatoms. The second kappa shape index (κ2) is 37.0. The van der Waals surface area contributed by atoms with Crippen LogP contribution in [0.3, 0.4) is 0 Å². The summed E-state index contributed by atoms with van der Waals surface area (Å²) in [6, 6.07) is 0. The third-order valence-electron chi connectivity index (χ3n) is 0. The van der Waals surface area contributed by atoms with Crippen LogP contribution >= 0.6 is 12.4 Å². The van der Waals surface area contributed by atoms with Crippen molar-refractivity contribution in [3.8, 4) is 0 Å². The number of halogens is 1. The van der Waals surface area contributed by atoms with Gasteiger partial charge in [-0.3, -0.25) is 4.79 Å². The Bertz CT molecular complexity index is 41.5. The molecule has 0 aromatic heterocycles. The van der Waals surface area contributed by atoms with Gasteiger partial charge in [-0.05, 0) is 0 Å². The first-order chi connectivity index (χ1) is 1.73. The molecule has 0 fully saturated rings. The van der Waals surface area contributed by atoms with Gasteiger partial charge in [-0.25, -0.2) is 0 Å². The van der Waals surface area contributed by atoms with Crippen LogP contribution in [0.5, 0.6) is 0 Å². The summed E-state index contributed by atoms with van der Waals surface area (Å²) in [6.45, 7) is 1.08. The Hall–Kier alpha value is 0.810. The van der Waals surface area contributed by atoms with Gasteiger partial charge in [-0.1, -0.05) is 0 Å². The van der Waals surface area contributed by atoms with E-state index in [2.05, 4.69) is 0 Å². The zero-order valence-corrected chi connectivity index (χ0v) is 4.58. The predicted octanol–water partition coefficient (Wildman–Crippen LogP) is -2.97. The summed E-state index contributed by atoms with van der Waals surface area (Å²) >= 11 is 0. The van der Waals surface area contributed by atoms with E-state index >= 15 is 0 Å². The van der Waals surface area contributed by atoms with Crippen LogP contribution in [0.15, 0.2) is 0 Å². The van der Waals surface area contributed by atoms with E-state index in [1.807, 2.05) is 0 Å². The molecule has 0 unspecified atom stereocenters. The number of hydrogen-bond acceptors (Lipinski definition) is 1. The maximum atomic E-state index is 9.00. The fraction of sp³-hybridized carbons (Fsp3) is 0.500. The maximum absolute atomic E-state index is 9.00. The topological polar surface area (TPSA) is 100 Å². The number of carboxylic acids is 1. The van der Waals surface area contributed by atoms with Crippen molar-refractivity contribution in [1.29, 1.82) is 0 Å². The summed E-state index contributed by atoms with van der Waals surface area (Å²) < 4.78 is 0. The molecule has 0 atom stereocenters. The molecule has 0 heterocycles. The van der Waals surface area contributed by atoms with E-state index in [4.69, 9.17) is 9.90 Å². The van der Waals surface area contributed by atoms with Crippen molar-refractivity contribution in [2.45, 2.75) is 6.92 Å². The minimum absolute atomic E-state index is 0. The van der Waals surface area contributed by atoms with Gasteiger partial charge in [0.1, 0.15) is 0 Å². The van der Waals surface area contributed by atoms with Crippen LogP contribution < -0.4 is 0 Å². The first-order valence-electron chi connectivity index (χ1n) is 0.928. The van der Waals surface area contributed by atoms with Crippen LogP contribution in [0.2, 0.25) is 0 Å². The Morgan fingerprint density at radius 3 is 1.33 bits per heavy atom. The van der Waals surface area contributed by atoms with Crippen molar-refractivity contribution in [3.63, 3.8) is 0 Å². The van der Waals surface area contributed by atoms with E-state index in [9.17, 15) is 0 Å². The van der Waals surface area contributed by atoms with E-state index < -0.39 is 5.97 Å². The zero-order valence-electron chi connectivity index (χ0n) is 3.76. The van der Waals surface area contributed by atoms with Crippen LogP contribution in [0.1, 0.15) is 6.92 Å². The second-order valence-corrected chi connectivity index (χ2v) is 0.519. The summed E-state index contributed by atoms with van der Waals surface area (Å²) in [4.78, 5) is 9.00. The summed E-state index contributed by atoms with van der Waals surface area (Å²) in [5.74, 6) is -0.833. The van der Waals surface area contributed by atoms with E-state index in [1.54, 1.807) is 0 Å². The molecule has 0 radical (unpaired) electrons. The van der Waals surface area contributed by atoms with Gasteiger partial charge < -0.3 is 16.1 Å². The van der Waals surface area contributed by atoms with Crippen molar-refractivity contribution in [2.75, 3.05) is 0 Å². The van der Waals surface area contributed by atoms with Gasteiger partial charge >= 0.3 is 18.9 Å². The first-order valence-corrected chi connectivity index (χ1v) is 0.928. The van der Waals surface area contributed by atoms with Gasteiger partial charge in [0, 0.05) is 6.92 Å². The van der Waals surface area contributed by atoms with Crippen molar-refractivity contribution >= 4 is 54.6 Å². The Balaban J connectivity index is -0.00000000450. The Morgan fingerprint density at radius 1 is 1.33 bits per heavy atom. The number of carboxylic acid groups (broad SMARTS) is 1. The number of aliphatic carboxylic acids is 1. The fourth-order valence-corrected chi connectivity index (χ4v) is 0. The molecule has 0 bridgehead atoms. The Labute approximate surface area is 82.3 Å². The molecule has 5 N–H and O–H groups in total. The average molecular weight is 170 g/mol. The van der Waals surface area contributed by atoms with E-state index in [0.717, 1.165) is 6.92 Å². The Morgan fingerprint density at radius 2 is 1.33 bits per heavy atom. The summed E-state index contributed by atoms with van der Waals surface area (Å²) in [6.07, 6.45) is 0. The Kier molecular flexibility index (Phi) is 216. The van der Waals surface area contributed by atoms with Gasteiger partial charge in [0.2, 0.25) is 0 Å². The third-order valence-corrected chi connectivity index (χ3v) is 0. The molecule has 0 saturated carbocycles. The molecule has 0 saturated heterocycles. The van der Waals surface area contributed by atoms with Gasteiger partial charge in [0.15, 0.2) is 17.4 Å². The number of rotatable bonds is 0. The molecule has 0 aliphatic heterocycles. The molecule has 0 rings (SSSR count). The fourth-order valence-electron chi connectivity index (χ4n) is 0. The van der Waals surface area contributed by atoms with Gasteiger partial charge in [0.25, 0.3) is 5.97 Å². The molecule has 56 valence electrons. The molecule has 0 aromatic rings. The molecular weight excluding hydrogens is 157 g/mol. The zero-order chi connectivity index (χ0) is 3.58. The first kappa shape index (κ1) is 52.5. The summed E-state index contributed by atoms with van der Waals surface area (Å²) in [7, 11) is 0. The van der Waals surface area contributed by atoms with Gasteiger partial charge in [-0.2, -0.15) is 0 Å². The van der Waals surface area contributed by atoms with Crippen molar-refractivity contribution in [2.24, 2.45) is 0 Å². The van der Waals surface area contributed by atoms with E-state index in [1.165, 1.54) is 0 Å². The predicted molar refractivity (Wildman–Crippen MR) is 44.9 cm³/mol. The molecular formula is C2H13AlClLiO4. The van der Waals surface area contributed by atoms with Gasteiger partial charge in [-0.15, -0.1) is 12.4 Å². The minimum atomic E-state index is -0.833. The summed E-state index contributed by atoms with van der Waals surface area (Å²) in [5, 5.41) is 7.42. The molecule has 0 amide bonds. The molecule has 0 aromatic carbocycles. The second-order valence-electron chi connectivity index (χ2n) is 0.519. The SMILES string of the molecule is CC(=O)O.Cl.O.O.[AlH3].[LiH]. The standard InChI is InChI=1S/C2H4O2.Al.ClH.Li.2H2O.4H/c1-2(3)4;;;;;;;;;/h1H3,(H,3,4);;1H;;2*1H2;;;;. The van der Waals surface area contributed by atoms with Crippen molar-refractivity contribution in [3.05, 3.63) is 0 Å².